The molecule has 2 nitrogen and oxygen atoms in total. The number of rotatable bonds is 3. The van der Waals surface area contributed by atoms with Crippen LogP contribution in [-0.4, -0.2) is 19.1 Å². The molecule has 6 heteroatoms. The van der Waals surface area contributed by atoms with Crippen molar-refractivity contribution >= 4 is 24.6 Å². The Morgan fingerprint density at radius 2 is 1.93 bits per heavy atom. The Balaban J connectivity index is 0.000000921. The van der Waals surface area contributed by atoms with Crippen molar-refractivity contribution in [3.8, 4) is 5.75 Å². The molecule has 0 aliphatic rings. The zero-order chi connectivity index (χ0) is 11.8. The first kappa shape index (κ1) is 13.8. The molecule has 0 saturated heterocycles. The molecule has 1 aromatic rings. The molecule has 1 rings (SSSR count). The van der Waals surface area contributed by atoms with Crippen LogP contribution in [0.5, 0.6) is 5.75 Å². The fourth-order valence-electron chi connectivity index (χ4n) is 0.956. The summed E-state index contributed by atoms with van der Waals surface area (Å²) in [6.45, 7) is 2.48. The molecule has 0 amide bonds. The summed E-state index contributed by atoms with van der Waals surface area (Å²) in [5, 5.41) is 0. The third kappa shape index (κ3) is 4.74. The van der Waals surface area contributed by atoms with Crippen LogP contribution in [0.3, 0.4) is 0 Å². The summed E-state index contributed by atoms with van der Waals surface area (Å²) in [5.74, 6) is -0.374. The Hall–Kier alpha value is -1.17. The molecule has 0 unspecified atom stereocenters. The molecule has 0 spiro atoms. The van der Waals surface area contributed by atoms with E-state index in [1.807, 2.05) is 0 Å². The standard InChI is InChI=1S/C9H8F2O2.BS/c1-6(12)7-4-2-3-5-8(7)13-9(10)11;1-2/h2-5,9H,1H3;. The predicted octanol–water partition coefficient (Wildman–Crippen LogP) is 2.76. The summed E-state index contributed by atoms with van der Waals surface area (Å²) >= 11 is 3.58. The molecule has 0 aliphatic carbocycles. The quantitative estimate of drug-likeness (QED) is 0.588. The van der Waals surface area contributed by atoms with E-state index in [1.165, 1.54) is 25.1 Å². The van der Waals surface area contributed by atoms with E-state index in [1.54, 1.807) is 6.07 Å². The first-order chi connectivity index (χ1) is 7.11. The van der Waals surface area contributed by atoms with E-state index in [-0.39, 0.29) is 17.1 Å². The molecule has 0 bridgehead atoms. The van der Waals surface area contributed by atoms with Crippen molar-refractivity contribution in [2.45, 2.75) is 13.5 Å². The van der Waals surface area contributed by atoms with Crippen LogP contribution in [0.15, 0.2) is 24.3 Å². The van der Waals surface area contributed by atoms with Crippen molar-refractivity contribution < 1.29 is 18.3 Å². The van der Waals surface area contributed by atoms with E-state index < -0.39 is 6.61 Å². The monoisotopic (exact) mass is 229 g/mol. The van der Waals surface area contributed by atoms with Crippen molar-refractivity contribution in [2.24, 2.45) is 0 Å². The average molecular weight is 229 g/mol. The zero-order valence-electron chi connectivity index (χ0n) is 7.94. The van der Waals surface area contributed by atoms with Crippen LogP contribution in [0.2, 0.25) is 0 Å². The van der Waals surface area contributed by atoms with Gasteiger partial charge in [0.1, 0.15) is 5.75 Å². The van der Waals surface area contributed by atoms with Gasteiger partial charge in [0.25, 0.3) is 0 Å². The Labute approximate surface area is 92.5 Å². The van der Waals surface area contributed by atoms with Crippen molar-refractivity contribution in [3.63, 3.8) is 0 Å². The van der Waals surface area contributed by atoms with Crippen LogP contribution in [0.4, 0.5) is 8.78 Å². The van der Waals surface area contributed by atoms with Crippen LogP contribution in [0.1, 0.15) is 17.3 Å². The number of halogens is 2. The van der Waals surface area contributed by atoms with Crippen molar-refractivity contribution in [1.82, 2.24) is 0 Å². The Morgan fingerprint density at radius 1 is 1.40 bits per heavy atom. The SMILES string of the molecule is CC(=O)c1ccccc1OC(F)F.[B]=S. The number of alkyl halides is 2. The molecule has 0 fully saturated rings. The molecule has 1 radical (unpaired) electrons. The van der Waals surface area contributed by atoms with E-state index in [4.69, 9.17) is 0 Å². The molecule has 0 heterocycles. The zero-order valence-corrected chi connectivity index (χ0v) is 8.76. The minimum absolute atomic E-state index is 0.0787. The van der Waals surface area contributed by atoms with Crippen molar-refractivity contribution in [2.75, 3.05) is 0 Å². The maximum absolute atomic E-state index is 11.8. The van der Waals surface area contributed by atoms with Crippen LogP contribution < -0.4 is 4.74 Å². The van der Waals surface area contributed by atoms with Gasteiger partial charge in [-0.1, -0.05) is 12.1 Å². The number of hydrogen-bond acceptors (Lipinski definition) is 3. The molecule has 1 aromatic carbocycles. The van der Waals surface area contributed by atoms with E-state index in [9.17, 15) is 13.6 Å². The van der Waals surface area contributed by atoms with Gasteiger partial charge in [0, 0.05) is 0 Å². The Morgan fingerprint density at radius 3 is 2.40 bits per heavy atom. The van der Waals surface area contributed by atoms with E-state index in [0.29, 0.717) is 0 Å². The number of carbonyl (C=O) groups is 1. The topological polar surface area (TPSA) is 26.3 Å². The number of benzene rings is 1. The predicted molar refractivity (Wildman–Crippen MR) is 56.4 cm³/mol. The molecule has 0 atom stereocenters. The number of Topliss-reactive ketones (excluding diaryl/α,β-unsaturated/α-hetero) is 1. The second kappa shape index (κ2) is 7.17. The van der Waals surface area contributed by atoms with Crippen LogP contribution in [-0.2, 0) is 0 Å². The van der Waals surface area contributed by atoms with Gasteiger partial charge in [-0.25, -0.2) is 0 Å². The minimum atomic E-state index is -2.90. The molecular weight excluding hydrogens is 221 g/mol. The fourth-order valence-corrected chi connectivity index (χ4v) is 0.956. The Kier molecular flexibility index (Phi) is 6.61. The molecule has 15 heavy (non-hydrogen) atoms. The third-order valence-electron chi connectivity index (χ3n) is 1.48. The molecule has 0 aliphatic heterocycles. The molecular formula is C9H8BF2O2S. The summed E-state index contributed by atoms with van der Waals surface area (Å²) in [4.78, 5) is 10.9. The summed E-state index contributed by atoms with van der Waals surface area (Å²) in [5.41, 5.74) is 0.169. The van der Waals surface area contributed by atoms with E-state index in [0.717, 1.165) is 0 Å². The van der Waals surface area contributed by atoms with Gasteiger partial charge >= 0.3 is 25.4 Å². The normalized spacial score (nSPS) is 9.00. The Bertz CT molecular complexity index is 334. The van der Waals surface area contributed by atoms with Gasteiger partial charge in [-0.15, -0.1) is 0 Å². The van der Waals surface area contributed by atoms with Gasteiger partial charge in [-0.05, 0) is 19.1 Å². The van der Waals surface area contributed by atoms with Crippen molar-refractivity contribution in [1.29, 1.82) is 0 Å². The van der Waals surface area contributed by atoms with Crippen molar-refractivity contribution in [3.05, 3.63) is 29.8 Å². The summed E-state index contributed by atoms with van der Waals surface area (Å²) in [6, 6.07) is 5.90. The number of ether oxygens (including phenoxy) is 1. The second-order valence-corrected chi connectivity index (χ2v) is 2.43. The average Bonchev–Trinajstić information content (AvgIpc) is 2.20. The summed E-state index contributed by atoms with van der Waals surface area (Å²) < 4.78 is 27.8. The summed E-state index contributed by atoms with van der Waals surface area (Å²) in [6.07, 6.45) is 0. The van der Waals surface area contributed by atoms with Gasteiger partial charge in [0.2, 0.25) is 0 Å². The van der Waals surface area contributed by atoms with E-state index >= 15 is 0 Å². The number of para-hydroxylation sites is 1. The first-order valence-electron chi connectivity index (χ1n) is 3.89. The molecule has 0 N–H and O–H groups in total. The van der Waals surface area contributed by atoms with Crippen LogP contribution >= 0.6 is 12.1 Å². The van der Waals surface area contributed by atoms with Crippen LogP contribution in [0.25, 0.3) is 0 Å². The third-order valence-corrected chi connectivity index (χ3v) is 1.48. The first-order valence-corrected chi connectivity index (χ1v) is 4.36. The maximum atomic E-state index is 11.8. The number of hydrogen-bond donors (Lipinski definition) is 0. The molecule has 0 aromatic heterocycles. The van der Waals surface area contributed by atoms with Crippen LogP contribution in [0, 0.1) is 0 Å². The fraction of sp³-hybridized carbons (Fsp3) is 0.222. The number of ketones is 1. The van der Waals surface area contributed by atoms with E-state index in [2.05, 4.69) is 23.5 Å². The van der Waals surface area contributed by atoms with Gasteiger partial charge in [0.15, 0.2) is 5.78 Å². The molecule has 0 saturated carbocycles. The van der Waals surface area contributed by atoms with Gasteiger partial charge in [-0.3, -0.25) is 4.79 Å². The second-order valence-electron chi connectivity index (χ2n) is 2.43. The van der Waals surface area contributed by atoms with Gasteiger partial charge in [0.05, 0.1) is 5.56 Å². The van der Waals surface area contributed by atoms with Gasteiger partial charge < -0.3 is 4.74 Å². The molecule has 79 valence electrons. The summed E-state index contributed by atoms with van der Waals surface area (Å²) in [7, 11) is 0. The number of carbonyl (C=O) groups excluding carboxylic acids is 1. The van der Waals surface area contributed by atoms with Gasteiger partial charge in [-0.2, -0.15) is 8.78 Å².